The van der Waals surface area contributed by atoms with E-state index in [1.54, 1.807) is 0 Å². The molecule has 2 rings (SSSR count). The molecule has 0 saturated heterocycles. The molecule has 1 aliphatic rings. The van der Waals surface area contributed by atoms with Crippen LogP contribution in [0.4, 0.5) is 5.13 Å². The fourth-order valence-corrected chi connectivity index (χ4v) is 2.25. The van der Waals surface area contributed by atoms with Crippen molar-refractivity contribution in [2.45, 2.75) is 31.8 Å². The van der Waals surface area contributed by atoms with Gasteiger partial charge in [0.25, 0.3) is 0 Å². The zero-order chi connectivity index (χ0) is 11.4. The van der Waals surface area contributed by atoms with Crippen molar-refractivity contribution >= 4 is 16.5 Å². The molecule has 86 valence electrons. The first kappa shape index (κ1) is 11.3. The van der Waals surface area contributed by atoms with E-state index in [1.807, 2.05) is 0 Å². The Labute approximate surface area is 98.0 Å². The molecule has 6 nitrogen and oxygen atoms in total. The summed E-state index contributed by atoms with van der Waals surface area (Å²) < 4.78 is 0. The number of nitriles is 1. The predicted molar refractivity (Wildman–Crippen MR) is 61.4 cm³/mol. The van der Waals surface area contributed by atoms with Crippen LogP contribution >= 0.6 is 11.3 Å². The maximum absolute atomic E-state index is 8.60. The van der Waals surface area contributed by atoms with Crippen molar-refractivity contribution in [3.05, 3.63) is 5.01 Å². The lowest BCUT2D eigenvalue weighted by Crippen LogP contribution is -2.26. The van der Waals surface area contributed by atoms with Gasteiger partial charge >= 0.3 is 0 Å². The van der Waals surface area contributed by atoms with Gasteiger partial charge in [0.15, 0.2) is 0 Å². The van der Waals surface area contributed by atoms with Crippen LogP contribution in [0.25, 0.3) is 0 Å². The number of anilines is 1. The standard InChI is InChI=1S/C9H14N6S/c10-4-1-5-15(7-2-3-7)6-8-13-14-9(12-11)16-8/h7H,1-3,5-6,11H2,(H,12,14). The highest BCUT2D eigenvalue weighted by Crippen LogP contribution is 2.29. The number of rotatable bonds is 6. The molecule has 0 aromatic carbocycles. The van der Waals surface area contributed by atoms with Gasteiger partial charge in [-0.3, -0.25) is 10.3 Å². The first-order chi connectivity index (χ1) is 7.83. The van der Waals surface area contributed by atoms with Gasteiger partial charge in [-0.15, -0.1) is 10.2 Å². The van der Waals surface area contributed by atoms with Crippen LogP contribution in [0.15, 0.2) is 0 Å². The van der Waals surface area contributed by atoms with Gasteiger partial charge in [-0.2, -0.15) is 5.26 Å². The Hall–Kier alpha value is -1.23. The molecule has 1 fully saturated rings. The minimum atomic E-state index is 0.567. The quantitative estimate of drug-likeness (QED) is 0.560. The van der Waals surface area contributed by atoms with Crippen LogP contribution in [-0.4, -0.2) is 27.7 Å². The molecular formula is C9H14N6S. The first-order valence-electron chi connectivity index (χ1n) is 5.23. The summed E-state index contributed by atoms with van der Waals surface area (Å²) in [5.41, 5.74) is 2.48. The second-order valence-electron chi connectivity index (χ2n) is 3.76. The number of nitrogens with zero attached hydrogens (tertiary/aromatic N) is 4. The predicted octanol–water partition coefficient (Wildman–Crippen LogP) is 0.702. The Balaban J connectivity index is 1.91. The highest BCUT2D eigenvalue weighted by atomic mass is 32.1. The fraction of sp³-hybridized carbons (Fsp3) is 0.667. The normalized spacial score (nSPS) is 15.1. The number of nitrogens with one attached hydrogen (secondary N) is 1. The SMILES string of the molecule is N#CCCN(Cc1nnc(NN)s1)C1CC1. The van der Waals surface area contributed by atoms with Crippen LogP contribution in [0.5, 0.6) is 0 Å². The Morgan fingerprint density at radius 2 is 2.38 bits per heavy atom. The molecule has 1 aromatic heterocycles. The molecule has 7 heteroatoms. The third-order valence-corrected chi connectivity index (χ3v) is 3.34. The van der Waals surface area contributed by atoms with Crippen LogP contribution in [0.1, 0.15) is 24.3 Å². The number of hydrazine groups is 1. The second kappa shape index (κ2) is 5.21. The van der Waals surface area contributed by atoms with Crippen molar-refractivity contribution in [3.8, 4) is 6.07 Å². The molecule has 0 amide bonds. The van der Waals surface area contributed by atoms with E-state index in [0.717, 1.165) is 18.1 Å². The number of hydrogen-bond acceptors (Lipinski definition) is 7. The van der Waals surface area contributed by atoms with Gasteiger partial charge in [0.05, 0.1) is 12.6 Å². The van der Waals surface area contributed by atoms with E-state index in [1.165, 1.54) is 24.2 Å². The molecule has 1 aromatic rings. The largest absolute Gasteiger partial charge is 0.298 e. The van der Waals surface area contributed by atoms with E-state index in [-0.39, 0.29) is 0 Å². The fourth-order valence-electron chi connectivity index (χ4n) is 1.57. The Morgan fingerprint density at radius 3 is 2.94 bits per heavy atom. The van der Waals surface area contributed by atoms with E-state index in [0.29, 0.717) is 17.6 Å². The number of hydrogen-bond donors (Lipinski definition) is 2. The molecule has 0 atom stereocenters. The molecule has 1 heterocycles. The molecule has 0 bridgehead atoms. The zero-order valence-corrected chi connectivity index (χ0v) is 9.70. The maximum atomic E-state index is 8.60. The molecule has 1 saturated carbocycles. The molecule has 0 unspecified atom stereocenters. The summed E-state index contributed by atoms with van der Waals surface area (Å²) in [5.74, 6) is 5.25. The average Bonchev–Trinajstić information content (AvgIpc) is 3.05. The maximum Gasteiger partial charge on any atom is 0.219 e. The highest BCUT2D eigenvalue weighted by Gasteiger charge is 2.29. The molecule has 1 aliphatic carbocycles. The van der Waals surface area contributed by atoms with E-state index in [9.17, 15) is 0 Å². The van der Waals surface area contributed by atoms with Crippen molar-refractivity contribution in [1.82, 2.24) is 15.1 Å². The lowest BCUT2D eigenvalue weighted by Gasteiger charge is -2.18. The minimum Gasteiger partial charge on any atom is -0.298 e. The topological polar surface area (TPSA) is 90.9 Å². The second-order valence-corrected chi connectivity index (χ2v) is 4.82. The average molecular weight is 238 g/mol. The summed E-state index contributed by atoms with van der Waals surface area (Å²) in [7, 11) is 0. The molecule has 0 aliphatic heterocycles. The Bertz CT molecular complexity index is 380. The molecular weight excluding hydrogens is 224 g/mol. The smallest absolute Gasteiger partial charge is 0.219 e. The highest BCUT2D eigenvalue weighted by molar-refractivity contribution is 7.15. The minimum absolute atomic E-state index is 0.567. The van der Waals surface area contributed by atoms with E-state index < -0.39 is 0 Å². The summed E-state index contributed by atoms with van der Waals surface area (Å²) in [6, 6.07) is 2.81. The van der Waals surface area contributed by atoms with Crippen LogP contribution < -0.4 is 11.3 Å². The zero-order valence-electron chi connectivity index (χ0n) is 8.89. The molecule has 0 spiro atoms. The number of nitrogens with two attached hydrogens (primary N) is 1. The lowest BCUT2D eigenvalue weighted by atomic mass is 10.4. The van der Waals surface area contributed by atoms with Crippen LogP contribution in [-0.2, 0) is 6.54 Å². The van der Waals surface area contributed by atoms with Crippen LogP contribution in [0.3, 0.4) is 0 Å². The van der Waals surface area contributed by atoms with E-state index in [2.05, 4.69) is 26.6 Å². The van der Waals surface area contributed by atoms with Crippen molar-refractivity contribution in [3.63, 3.8) is 0 Å². The molecule has 3 N–H and O–H groups in total. The Kier molecular flexibility index (Phi) is 3.66. The van der Waals surface area contributed by atoms with Crippen molar-refractivity contribution in [2.24, 2.45) is 5.84 Å². The molecule has 0 radical (unpaired) electrons. The molecule has 16 heavy (non-hydrogen) atoms. The van der Waals surface area contributed by atoms with Gasteiger partial charge in [0, 0.05) is 19.0 Å². The summed E-state index contributed by atoms with van der Waals surface area (Å²) in [4.78, 5) is 2.30. The van der Waals surface area contributed by atoms with Crippen LogP contribution in [0.2, 0.25) is 0 Å². The monoisotopic (exact) mass is 238 g/mol. The third-order valence-electron chi connectivity index (χ3n) is 2.50. The third kappa shape index (κ3) is 2.88. The van der Waals surface area contributed by atoms with Gasteiger partial charge in [-0.1, -0.05) is 11.3 Å². The van der Waals surface area contributed by atoms with Crippen molar-refractivity contribution in [2.75, 3.05) is 12.0 Å². The Morgan fingerprint density at radius 1 is 1.56 bits per heavy atom. The first-order valence-corrected chi connectivity index (χ1v) is 6.05. The summed E-state index contributed by atoms with van der Waals surface area (Å²) in [5, 5.41) is 18.1. The summed E-state index contributed by atoms with van der Waals surface area (Å²) in [6.45, 7) is 1.58. The van der Waals surface area contributed by atoms with Gasteiger partial charge in [-0.05, 0) is 12.8 Å². The number of nitrogen functional groups attached to an aromatic ring is 1. The van der Waals surface area contributed by atoms with Gasteiger partial charge in [0.1, 0.15) is 5.01 Å². The van der Waals surface area contributed by atoms with Crippen molar-refractivity contribution in [1.29, 1.82) is 5.26 Å². The lowest BCUT2D eigenvalue weighted by molar-refractivity contribution is 0.260. The van der Waals surface area contributed by atoms with Crippen molar-refractivity contribution < 1.29 is 0 Å². The van der Waals surface area contributed by atoms with Crippen LogP contribution in [0, 0.1) is 11.3 Å². The van der Waals surface area contributed by atoms with Gasteiger partial charge in [-0.25, -0.2) is 5.84 Å². The van der Waals surface area contributed by atoms with E-state index >= 15 is 0 Å². The van der Waals surface area contributed by atoms with Gasteiger partial charge < -0.3 is 0 Å². The number of aromatic nitrogens is 2. The summed E-state index contributed by atoms with van der Waals surface area (Å²) in [6.07, 6.45) is 3.02. The van der Waals surface area contributed by atoms with Gasteiger partial charge in [0.2, 0.25) is 5.13 Å². The van der Waals surface area contributed by atoms with E-state index in [4.69, 9.17) is 11.1 Å². The summed E-state index contributed by atoms with van der Waals surface area (Å²) >= 11 is 1.46.